The fraction of sp³-hybridized carbons (Fsp3) is 0.556. The Labute approximate surface area is 87.9 Å². The van der Waals surface area contributed by atoms with Gasteiger partial charge < -0.3 is 11.1 Å². The number of unbranched alkanes of at least 4 members (excludes halogenated alkanes) is 2. The van der Waals surface area contributed by atoms with Crippen LogP contribution in [0.15, 0.2) is 0 Å². The first-order valence-corrected chi connectivity index (χ1v) is 5.46. The Balaban J connectivity index is 2.47. The summed E-state index contributed by atoms with van der Waals surface area (Å²) in [4.78, 5) is 0. The SMILES string of the molecule is CCCCCNc1snc(N)c1C#N. The number of nitrogens with one attached hydrogen (secondary N) is 1. The van der Waals surface area contributed by atoms with E-state index in [9.17, 15) is 0 Å². The van der Waals surface area contributed by atoms with Crippen LogP contribution in [0.25, 0.3) is 0 Å². The normalized spacial score (nSPS) is 9.71. The summed E-state index contributed by atoms with van der Waals surface area (Å²) in [5.41, 5.74) is 6.00. The first kappa shape index (κ1) is 10.8. The first-order valence-electron chi connectivity index (χ1n) is 4.68. The van der Waals surface area contributed by atoms with E-state index in [0.29, 0.717) is 11.4 Å². The van der Waals surface area contributed by atoms with Crippen LogP contribution in [-0.4, -0.2) is 10.9 Å². The van der Waals surface area contributed by atoms with Crippen molar-refractivity contribution in [2.75, 3.05) is 17.6 Å². The van der Waals surface area contributed by atoms with Gasteiger partial charge in [-0.1, -0.05) is 19.8 Å². The molecule has 76 valence electrons. The molecule has 0 radical (unpaired) electrons. The highest BCUT2D eigenvalue weighted by molar-refractivity contribution is 7.10. The average Bonchev–Trinajstić information content (AvgIpc) is 2.54. The molecule has 5 heteroatoms. The molecule has 1 heterocycles. The number of nitrogens with zero attached hydrogens (tertiary/aromatic N) is 2. The average molecular weight is 210 g/mol. The summed E-state index contributed by atoms with van der Waals surface area (Å²) in [5.74, 6) is 0.329. The Hall–Kier alpha value is -1.28. The fourth-order valence-corrected chi connectivity index (χ4v) is 1.80. The summed E-state index contributed by atoms with van der Waals surface area (Å²) in [6.45, 7) is 3.04. The first-order chi connectivity index (χ1) is 6.79. The lowest BCUT2D eigenvalue weighted by atomic mass is 10.2. The van der Waals surface area contributed by atoms with E-state index in [1.165, 1.54) is 24.4 Å². The van der Waals surface area contributed by atoms with Gasteiger partial charge >= 0.3 is 0 Å². The molecule has 0 spiro atoms. The summed E-state index contributed by atoms with van der Waals surface area (Å²) in [5, 5.41) is 12.8. The van der Waals surface area contributed by atoms with Gasteiger partial charge in [-0.25, -0.2) is 0 Å². The molecule has 0 amide bonds. The zero-order chi connectivity index (χ0) is 10.4. The third-order valence-corrected chi connectivity index (χ3v) is 2.72. The Morgan fingerprint density at radius 3 is 3.00 bits per heavy atom. The summed E-state index contributed by atoms with van der Waals surface area (Å²) < 4.78 is 3.92. The number of hydrogen-bond donors (Lipinski definition) is 2. The van der Waals surface area contributed by atoms with E-state index < -0.39 is 0 Å². The second-order valence-electron chi connectivity index (χ2n) is 3.02. The standard InChI is InChI=1S/C9H14N4S/c1-2-3-4-5-12-9-7(6-10)8(11)13-14-9/h12H,2-5H2,1H3,(H2,11,13). The Morgan fingerprint density at radius 2 is 2.36 bits per heavy atom. The number of aromatic nitrogens is 1. The van der Waals surface area contributed by atoms with Gasteiger partial charge in [0.15, 0.2) is 5.82 Å². The van der Waals surface area contributed by atoms with Crippen LogP contribution in [0.1, 0.15) is 31.7 Å². The van der Waals surface area contributed by atoms with E-state index in [1.807, 2.05) is 6.07 Å². The molecule has 1 aromatic rings. The van der Waals surface area contributed by atoms with Gasteiger partial charge in [-0.15, -0.1) is 0 Å². The van der Waals surface area contributed by atoms with Gasteiger partial charge in [-0.3, -0.25) is 0 Å². The van der Waals surface area contributed by atoms with E-state index in [-0.39, 0.29) is 0 Å². The maximum Gasteiger partial charge on any atom is 0.157 e. The molecule has 0 fully saturated rings. The lowest BCUT2D eigenvalue weighted by molar-refractivity contribution is 0.744. The molecular formula is C9H14N4S. The van der Waals surface area contributed by atoms with Crippen molar-refractivity contribution in [2.45, 2.75) is 26.2 Å². The second-order valence-corrected chi connectivity index (χ2v) is 3.79. The van der Waals surface area contributed by atoms with Crippen LogP contribution in [0.4, 0.5) is 10.8 Å². The summed E-state index contributed by atoms with van der Waals surface area (Å²) >= 11 is 1.25. The number of rotatable bonds is 5. The molecule has 4 nitrogen and oxygen atoms in total. The monoisotopic (exact) mass is 210 g/mol. The van der Waals surface area contributed by atoms with Gasteiger partial charge in [-0.2, -0.15) is 9.64 Å². The maximum absolute atomic E-state index is 8.79. The summed E-state index contributed by atoms with van der Waals surface area (Å²) in [6, 6.07) is 2.05. The Bertz CT molecular complexity index is 326. The molecule has 0 aromatic carbocycles. The molecule has 0 aliphatic carbocycles. The minimum atomic E-state index is 0.329. The smallest absolute Gasteiger partial charge is 0.157 e. The number of hydrogen-bond acceptors (Lipinski definition) is 5. The van der Waals surface area contributed by atoms with Crippen molar-refractivity contribution < 1.29 is 0 Å². The number of nitrogen functional groups attached to an aromatic ring is 1. The fourth-order valence-electron chi connectivity index (χ4n) is 1.11. The Morgan fingerprint density at radius 1 is 1.57 bits per heavy atom. The molecule has 0 atom stereocenters. The predicted octanol–water partition coefficient (Wildman–Crippen LogP) is 2.20. The topological polar surface area (TPSA) is 74.7 Å². The highest BCUT2D eigenvalue weighted by Crippen LogP contribution is 2.25. The maximum atomic E-state index is 8.79. The van der Waals surface area contributed by atoms with Crippen molar-refractivity contribution in [3.63, 3.8) is 0 Å². The van der Waals surface area contributed by atoms with Crippen LogP contribution < -0.4 is 11.1 Å². The third-order valence-electron chi connectivity index (χ3n) is 1.90. The molecule has 1 rings (SSSR count). The van der Waals surface area contributed by atoms with E-state index in [1.54, 1.807) is 0 Å². The van der Waals surface area contributed by atoms with Crippen molar-refractivity contribution in [3.8, 4) is 6.07 Å². The summed E-state index contributed by atoms with van der Waals surface area (Å²) in [7, 11) is 0. The summed E-state index contributed by atoms with van der Waals surface area (Å²) in [6.07, 6.45) is 3.50. The van der Waals surface area contributed by atoms with Gasteiger partial charge in [0.05, 0.1) is 0 Å². The van der Waals surface area contributed by atoms with Gasteiger partial charge in [-0.05, 0) is 18.0 Å². The molecule has 14 heavy (non-hydrogen) atoms. The quantitative estimate of drug-likeness (QED) is 0.730. The second kappa shape index (κ2) is 5.45. The lowest BCUT2D eigenvalue weighted by Gasteiger charge is -2.01. The predicted molar refractivity (Wildman–Crippen MR) is 59.3 cm³/mol. The van der Waals surface area contributed by atoms with Crippen LogP contribution in [0.3, 0.4) is 0 Å². The van der Waals surface area contributed by atoms with E-state index >= 15 is 0 Å². The van der Waals surface area contributed by atoms with Gasteiger partial charge in [0.2, 0.25) is 0 Å². The van der Waals surface area contributed by atoms with E-state index in [2.05, 4.69) is 16.6 Å². The molecule has 0 bridgehead atoms. The number of nitrogens with two attached hydrogens (primary N) is 1. The number of nitriles is 1. The van der Waals surface area contributed by atoms with Gasteiger partial charge in [0.25, 0.3) is 0 Å². The van der Waals surface area contributed by atoms with Gasteiger partial charge in [0.1, 0.15) is 16.6 Å². The minimum absolute atomic E-state index is 0.329. The van der Waals surface area contributed by atoms with Crippen molar-refractivity contribution in [2.24, 2.45) is 0 Å². The van der Waals surface area contributed by atoms with Gasteiger partial charge in [0, 0.05) is 6.54 Å². The van der Waals surface area contributed by atoms with Crippen LogP contribution in [-0.2, 0) is 0 Å². The highest BCUT2D eigenvalue weighted by atomic mass is 32.1. The molecule has 0 unspecified atom stereocenters. The van der Waals surface area contributed by atoms with Crippen molar-refractivity contribution in [1.29, 1.82) is 5.26 Å². The zero-order valence-electron chi connectivity index (χ0n) is 8.21. The van der Waals surface area contributed by atoms with Crippen LogP contribution in [0, 0.1) is 11.3 Å². The molecule has 0 aliphatic heterocycles. The lowest BCUT2D eigenvalue weighted by Crippen LogP contribution is -2.01. The van der Waals surface area contributed by atoms with Crippen molar-refractivity contribution in [1.82, 2.24) is 4.37 Å². The van der Waals surface area contributed by atoms with Crippen LogP contribution in [0.2, 0.25) is 0 Å². The van der Waals surface area contributed by atoms with Crippen molar-refractivity contribution in [3.05, 3.63) is 5.56 Å². The molecule has 3 N–H and O–H groups in total. The zero-order valence-corrected chi connectivity index (χ0v) is 9.02. The Kier molecular flexibility index (Phi) is 4.20. The molecule has 0 saturated carbocycles. The molecule has 1 aromatic heterocycles. The molecular weight excluding hydrogens is 196 g/mol. The third kappa shape index (κ3) is 2.60. The van der Waals surface area contributed by atoms with Crippen LogP contribution >= 0.6 is 11.5 Å². The van der Waals surface area contributed by atoms with Crippen LogP contribution in [0.5, 0.6) is 0 Å². The van der Waals surface area contributed by atoms with E-state index in [0.717, 1.165) is 18.0 Å². The number of anilines is 2. The minimum Gasteiger partial charge on any atom is -0.382 e. The van der Waals surface area contributed by atoms with Crippen molar-refractivity contribution >= 4 is 22.4 Å². The van der Waals surface area contributed by atoms with E-state index in [4.69, 9.17) is 11.0 Å². The molecule has 0 saturated heterocycles. The largest absolute Gasteiger partial charge is 0.382 e. The highest BCUT2D eigenvalue weighted by Gasteiger charge is 2.09. The molecule has 0 aliphatic rings.